The first kappa shape index (κ1) is 30.2. The molecule has 1 aliphatic rings. The normalized spacial score (nSPS) is 18.3. The van der Waals surface area contributed by atoms with Crippen molar-refractivity contribution in [3.8, 4) is 5.75 Å². The van der Waals surface area contributed by atoms with Gasteiger partial charge in [0.2, 0.25) is 5.91 Å². The fourth-order valence-electron chi connectivity index (χ4n) is 4.66. The number of ether oxygens (including phenoxy) is 1. The highest BCUT2D eigenvalue weighted by Crippen LogP contribution is 2.40. The number of carbonyl (C=O) groups is 1. The molecule has 2 rings (SSSR count). The molecule has 0 saturated carbocycles. The van der Waals surface area contributed by atoms with Crippen molar-refractivity contribution >= 4 is 5.91 Å². The lowest BCUT2D eigenvalue weighted by atomic mass is 9.78. The molecule has 1 amide bonds. The van der Waals surface area contributed by atoms with Crippen molar-refractivity contribution in [2.24, 2.45) is 5.92 Å². The van der Waals surface area contributed by atoms with E-state index in [0.29, 0.717) is 18.6 Å². The minimum absolute atomic E-state index is 0.00670. The predicted molar refractivity (Wildman–Crippen MR) is 151 cm³/mol. The number of phenolic OH excluding ortho intramolecular Hbond substituents is 1. The van der Waals surface area contributed by atoms with E-state index in [1.54, 1.807) is 0 Å². The molecular weight excluding hydrogens is 446 g/mol. The number of nitrogens with one attached hydrogen (secondary N) is 1. The highest BCUT2D eigenvalue weighted by Gasteiger charge is 2.26. The average Bonchev–Trinajstić information content (AvgIpc) is 2.77. The summed E-state index contributed by atoms with van der Waals surface area (Å²) in [6.07, 6.45) is 14.8. The van der Waals surface area contributed by atoms with Gasteiger partial charge in [0.05, 0.1) is 6.10 Å². The lowest BCUT2D eigenvalue weighted by molar-refractivity contribution is -0.120. The molecule has 2 unspecified atom stereocenters. The number of benzene rings is 1. The lowest BCUT2D eigenvalue weighted by Crippen LogP contribution is -2.28. The maximum Gasteiger partial charge on any atom is 0.224 e. The van der Waals surface area contributed by atoms with Crippen LogP contribution in [0.1, 0.15) is 117 Å². The largest absolute Gasteiger partial charge is 0.507 e. The number of carbonyl (C=O) groups excluding carboxylic acids is 1. The van der Waals surface area contributed by atoms with E-state index in [9.17, 15) is 9.90 Å². The van der Waals surface area contributed by atoms with Crippen LogP contribution in [0.2, 0.25) is 0 Å². The molecule has 0 spiro atoms. The Bertz CT molecular complexity index is 879. The van der Waals surface area contributed by atoms with Crippen LogP contribution < -0.4 is 5.32 Å². The molecule has 0 radical (unpaired) electrons. The van der Waals surface area contributed by atoms with Crippen LogP contribution in [0.3, 0.4) is 0 Å². The van der Waals surface area contributed by atoms with Crippen LogP contribution in [0.4, 0.5) is 0 Å². The number of aromatic hydroxyl groups is 1. The quantitative estimate of drug-likeness (QED) is 0.289. The number of unbranched alkanes of at least 4 members (excludes halogenated alkanes) is 5. The van der Waals surface area contributed by atoms with Crippen molar-refractivity contribution < 1.29 is 14.6 Å². The maximum absolute atomic E-state index is 12.8. The summed E-state index contributed by atoms with van der Waals surface area (Å²) >= 11 is 0. The number of hydrogen-bond donors (Lipinski definition) is 2. The van der Waals surface area contributed by atoms with Crippen molar-refractivity contribution in [3.63, 3.8) is 0 Å². The van der Waals surface area contributed by atoms with Crippen molar-refractivity contribution in [3.05, 3.63) is 52.7 Å². The van der Waals surface area contributed by atoms with Gasteiger partial charge in [-0.15, -0.1) is 0 Å². The molecule has 4 nitrogen and oxygen atoms in total. The number of amides is 1. The minimum Gasteiger partial charge on any atom is -0.507 e. The van der Waals surface area contributed by atoms with Crippen LogP contribution in [0.5, 0.6) is 5.75 Å². The Morgan fingerprint density at radius 3 is 2.11 bits per heavy atom. The van der Waals surface area contributed by atoms with Gasteiger partial charge in [-0.05, 0) is 46.4 Å². The Labute approximate surface area is 220 Å². The van der Waals surface area contributed by atoms with Gasteiger partial charge in [-0.2, -0.15) is 0 Å². The summed E-state index contributed by atoms with van der Waals surface area (Å²) in [5, 5.41) is 14.0. The number of rotatable bonds is 12. The zero-order valence-electron chi connectivity index (χ0n) is 24.2. The van der Waals surface area contributed by atoms with E-state index in [-0.39, 0.29) is 28.8 Å². The number of hydrogen-bond acceptors (Lipinski definition) is 3. The van der Waals surface area contributed by atoms with Crippen LogP contribution in [-0.4, -0.2) is 23.7 Å². The third-order valence-electron chi connectivity index (χ3n) is 6.94. The summed E-state index contributed by atoms with van der Waals surface area (Å²) in [4.78, 5) is 12.8. The molecule has 0 aliphatic heterocycles. The molecule has 2 N–H and O–H groups in total. The fourth-order valence-corrected chi connectivity index (χ4v) is 4.66. The van der Waals surface area contributed by atoms with E-state index in [4.69, 9.17) is 4.74 Å². The highest BCUT2D eigenvalue weighted by atomic mass is 16.5. The van der Waals surface area contributed by atoms with E-state index in [1.807, 2.05) is 6.08 Å². The molecule has 36 heavy (non-hydrogen) atoms. The summed E-state index contributed by atoms with van der Waals surface area (Å²) in [6, 6.07) is 4.12. The third kappa shape index (κ3) is 9.42. The molecule has 4 heteroatoms. The second kappa shape index (κ2) is 13.5. The Morgan fingerprint density at radius 1 is 0.972 bits per heavy atom. The lowest BCUT2D eigenvalue weighted by Gasteiger charge is -2.28. The molecule has 0 heterocycles. The molecule has 202 valence electrons. The van der Waals surface area contributed by atoms with Crippen LogP contribution in [0.25, 0.3) is 0 Å². The van der Waals surface area contributed by atoms with E-state index < -0.39 is 0 Å². The van der Waals surface area contributed by atoms with E-state index in [1.165, 1.54) is 32.1 Å². The Balaban J connectivity index is 1.89. The van der Waals surface area contributed by atoms with Crippen LogP contribution in [-0.2, 0) is 26.8 Å². The first-order valence-corrected chi connectivity index (χ1v) is 14.0. The molecule has 1 aromatic rings. The SMILES string of the molecule is CCCCCCCCOC1C=CC(NC(=O)CCc2cc(C(C)(C)C)c(O)c(C(C)(C)C)c2)=CC1C. The van der Waals surface area contributed by atoms with Gasteiger partial charge in [0, 0.05) is 24.6 Å². The monoisotopic (exact) mass is 497 g/mol. The second-order valence-electron chi connectivity index (χ2n) is 12.5. The third-order valence-corrected chi connectivity index (χ3v) is 6.94. The zero-order chi connectivity index (χ0) is 26.9. The number of allylic oxidation sites excluding steroid dienone is 1. The summed E-state index contributed by atoms with van der Waals surface area (Å²) in [7, 11) is 0. The average molecular weight is 498 g/mol. The summed E-state index contributed by atoms with van der Waals surface area (Å²) in [6.45, 7) is 17.8. The Kier molecular flexibility index (Phi) is 11.3. The van der Waals surface area contributed by atoms with Gasteiger partial charge in [0.15, 0.2) is 0 Å². The van der Waals surface area contributed by atoms with Gasteiger partial charge in [-0.25, -0.2) is 0 Å². The zero-order valence-corrected chi connectivity index (χ0v) is 24.2. The maximum atomic E-state index is 12.8. The first-order chi connectivity index (χ1) is 16.8. The first-order valence-electron chi connectivity index (χ1n) is 14.0. The van der Waals surface area contributed by atoms with Crippen LogP contribution in [0.15, 0.2) is 36.1 Å². The van der Waals surface area contributed by atoms with E-state index in [2.05, 4.69) is 85.0 Å². The molecule has 0 bridgehead atoms. The van der Waals surface area contributed by atoms with Crippen molar-refractivity contribution in [1.29, 1.82) is 0 Å². The topological polar surface area (TPSA) is 58.6 Å². The summed E-state index contributed by atoms with van der Waals surface area (Å²) in [5.74, 6) is 0.612. The van der Waals surface area contributed by atoms with Gasteiger partial charge in [-0.1, -0.05) is 112 Å². The van der Waals surface area contributed by atoms with Gasteiger partial charge in [0.1, 0.15) is 5.75 Å². The van der Waals surface area contributed by atoms with Crippen LogP contribution in [0, 0.1) is 5.92 Å². The molecule has 0 aromatic heterocycles. The van der Waals surface area contributed by atoms with E-state index in [0.717, 1.165) is 35.4 Å². The van der Waals surface area contributed by atoms with Crippen molar-refractivity contribution in [1.82, 2.24) is 5.32 Å². The van der Waals surface area contributed by atoms with Crippen molar-refractivity contribution in [2.75, 3.05) is 6.61 Å². The number of phenols is 1. The van der Waals surface area contributed by atoms with Gasteiger partial charge < -0.3 is 15.2 Å². The summed E-state index contributed by atoms with van der Waals surface area (Å²) < 4.78 is 6.08. The second-order valence-corrected chi connectivity index (χ2v) is 12.5. The van der Waals surface area contributed by atoms with Gasteiger partial charge >= 0.3 is 0 Å². The molecule has 0 saturated heterocycles. The summed E-state index contributed by atoms with van der Waals surface area (Å²) in [5.41, 5.74) is 3.45. The number of aryl methyl sites for hydroxylation is 1. The smallest absolute Gasteiger partial charge is 0.224 e. The van der Waals surface area contributed by atoms with E-state index >= 15 is 0 Å². The van der Waals surface area contributed by atoms with Gasteiger partial charge in [-0.3, -0.25) is 4.79 Å². The Morgan fingerprint density at radius 2 is 1.56 bits per heavy atom. The molecule has 2 atom stereocenters. The molecule has 0 fully saturated rings. The fraction of sp³-hybridized carbons (Fsp3) is 0.656. The van der Waals surface area contributed by atoms with Crippen LogP contribution >= 0.6 is 0 Å². The Hall–Kier alpha value is -2.07. The van der Waals surface area contributed by atoms with Crippen molar-refractivity contribution in [2.45, 2.75) is 124 Å². The minimum atomic E-state index is -0.177. The molecule has 1 aliphatic carbocycles. The molecular formula is C32H51NO3. The molecule has 1 aromatic carbocycles. The predicted octanol–water partition coefficient (Wildman–Crippen LogP) is 7.87. The van der Waals surface area contributed by atoms with Gasteiger partial charge in [0.25, 0.3) is 0 Å². The highest BCUT2D eigenvalue weighted by molar-refractivity contribution is 5.78. The standard InChI is InChI=1S/C32H51NO3/c1-9-10-11-12-13-14-19-36-28-17-16-25(20-23(28)2)33-29(34)18-15-24-21-26(31(3,4)5)30(35)27(22-24)32(6,7)8/h16-17,20-23,28,35H,9-15,18-19H2,1-8H3,(H,33,34).